The first-order valence-electron chi connectivity index (χ1n) is 16.9. The summed E-state index contributed by atoms with van der Waals surface area (Å²) in [5.41, 5.74) is 15.0. The highest BCUT2D eigenvalue weighted by molar-refractivity contribution is 6.24. The van der Waals surface area contributed by atoms with E-state index in [1.54, 1.807) is 30.3 Å². The summed E-state index contributed by atoms with van der Waals surface area (Å²) in [4.78, 5) is 62.5. The van der Waals surface area contributed by atoms with Gasteiger partial charge in [0.2, 0.25) is 5.91 Å². The van der Waals surface area contributed by atoms with Crippen molar-refractivity contribution in [3.05, 3.63) is 106 Å². The lowest BCUT2D eigenvalue weighted by Gasteiger charge is -2.28. The minimum Gasteiger partial charge on any atom is -0.378 e. The zero-order chi connectivity index (χ0) is 37.1. The van der Waals surface area contributed by atoms with Crippen LogP contribution in [0.3, 0.4) is 0 Å². The molecule has 11 nitrogen and oxygen atoms in total. The first kappa shape index (κ1) is 36.4. The summed E-state index contributed by atoms with van der Waals surface area (Å²) in [6, 6.07) is 20.7. The van der Waals surface area contributed by atoms with Crippen LogP contribution in [0.25, 0.3) is 0 Å². The van der Waals surface area contributed by atoms with Crippen LogP contribution in [0, 0.1) is 20.8 Å². The number of nitrogens with zero attached hydrogens (tertiary/aromatic N) is 4. The molecular formula is C40H47N7O4. The molecule has 0 aromatic heterocycles. The molecule has 3 amide bonds. The molecule has 0 fully saturated rings. The van der Waals surface area contributed by atoms with Crippen LogP contribution in [0.1, 0.15) is 60.6 Å². The minimum atomic E-state index is -1.23. The second kappa shape index (κ2) is 15.0. The summed E-state index contributed by atoms with van der Waals surface area (Å²) in [6.45, 7) is 5.86. The van der Waals surface area contributed by atoms with Crippen molar-refractivity contribution in [1.29, 1.82) is 0 Å². The van der Waals surface area contributed by atoms with Gasteiger partial charge in [-0.3, -0.25) is 24.1 Å². The molecular weight excluding hydrogens is 642 g/mol. The predicted molar refractivity (Wildman–Crippen MR) is 207 cm³/mol. The van der Waals surface area contributed by atoms with Gasteiger partial charge < -0.3 is 30.9 Å². The molecule has 0 bridgehead atoms. The maximum atomic E-state index is 14.8. The fourth-order valence-electron chi connectivity index (χ4n) is 6.19. The highest BCUT2D eigenvalue weighted by Crippen LogP contribution is 2.33. The molecule has 0 radical (unpaired) electrons. The van der Waals surface area contributed by atoms with Crippen molar-refractivity contribution in [2.24, 2.45) is 0 Å². The second-order valence-corrected chi connectivity index (χ2v) is 13.6. The lowest BCUT2D eigenvalue weighted by atomic mass is 9.94. The van der Waals surface area contributed by atoms with Crippen LogP contribution in [-0.2, 0) is 4.79 Å². The molecule has 4 aromatic rings. The molecule has 5 rings (SSSR count). The van der Waals surface area contributed by atoms with Crippen LogP contribution < -0.4 is 30.9 Å². The second-order valence-electron chi connectivity index (χ2n) is 13.6. The van der Waals surface area contributed by atoms with E-state index in [1.807, 2.05) is 114 Å². The van der Waals surface area contributed by atoms with Gasteiger partial charge in [0.25, 0.3) is 11.8 Å². The summed E-state index contributed by atoms with van der Waals surface area (Å²) in [5.74, 6) is -1.88. The summed E-state index contributed by atoms with van der Waals surface area (Å²) in [5, 5.41) is 2.95. The number of hydrazine groups is 1. The van der Waals surface area contributed by atoms with Gasteiger partial charge in [0, 0.05) is 77.0 Å². The number of anilines is 6. The van der Waals surface area contributed by atoms with Crippen molar-refractivity contribution in [1.82, 2.24) is 4.90 Å². The number of ketones is 1. The van der Waals surface area contributed by atoms with E-state index >= 15 is 0 Å². The largest absolute Gasteiger partial charge is 0.378 e. The summed E-state index contributed by atoms with van der Waals surface area (Å²) >= 11 is 0. The number of fused-ring (bicyclic) bond motifs is 1. The predicted octanol–water partition coefficient (Wildman–Crippen LogP) is 6.52. The first-order valence-corrected chi connectivity index (χ1v) is 16.9. The fourth-order valence-corrected chi connectivity index (χ4v) is 6.19. The number of carbonyl (C=O) groups is 4. The van der Waals surface area contributed by atoms with Crippen LogP contribution >= 0.6 is 0 Å². The van der Waals surface area contributed by atoms with E-state index in [0.717, 1.165) is 38.7 Å². The summed E-state index contributed by atoms with van der Waals surface area (Å²) in [7, 11) is 11.5. The Morgan fingerprint density at radius 2 is 1.16 bits per heavy atom. The van der Waals surface area contributed by atoms with Gasteiger partial charge in [0.05, 0.1) is 22.5 Å². The zero-order valence-corrected chi connectivity index (χ0v) is 30.8. The number of amides is 3. The van der Waals surface area contributed by atoms with Gasteiger partial charge in [0.15, 0.2) is 5.78 Å². The Kier molecular flexibility index (Phi) is 10.7. The first-order chi connectivity index (χ1) is 24.2. The zero-order valence-electron chi connectivity index (χ0n) is 30.8. The third-order valence-corrected chi connectivity index (χ3v) is 9.23. The minimum absolute atomic E-state index is 0.0653. The van der Waals surface area contributed by atoms with Gasteiger partial charge >= 0.3 is 0 Å². The molecule has 1 unspecified atom stereocenters. The standard InChI is InChI=1S/C40H47N7O4/c1-24-20-27(44(4)5)14-16-32(24)41-37(48)19-18-35(47-39(50)29-12-10-11-13-30(29)40(47)51)38(49)31-23-34(26(3)22-36(31)46(8)9)43-42-33-17-15-28(45(6)7)21-25(33)2/h10-17,20-23,35,42-43H,18-19H2,1-9H3,(H,41,48). The average Bonchev–Trinajstić information content (AvgIpc) is 3.34. The number of rotatable bonds is 13. The van der Waals surface area contributed by atoms with Gasteiger partial charge in [0.1, 0.15) is 6.04 Å². The van der Waals surface area contributed by atoms with Gasteiger partial charge in [-0.05, 0) is 105 Å². The Labute approximate surface area is 300 Å². The van der Waals surface area contributed by atoms with Crippen molar-refractivity contribution >= 4 is 57.6 Å². The third kappa shape index (κ3) is 7.67. The van der Waals surface area contributed by atoms with Gasteiger partial charge in [-0.15, -0.1) is 0 Å². The number of hydrogen-bond donors (Lipinski definition) is 3. The van der Waals surface area contributed by atoms with E-state index in [2.05, 4.69) is 22.2 Å². The van der Waals surface area contributed by atoms with E-state index in [1.165, 1.54) is 0 Å². The lowest BCUT2D eigenvalue weighted by Crippen LogP contribution is -2.45. The van der Waals surface area contributed by atoms with Gasteiger partial charge in [-0.1, -0.05) is 12.1 Å². The Hall–Kier alpha value is -5.84. The molecule has 266 valence electrons. The third-order valence-electron chi connectivity index (χ3n) is 9.23. The van der Waals surface area contributed by atoms with Crippen molar-refractivity contribution in [3.8, 4) is 0 Å². The molecule has 1 aliphatic rings. The summed E-state index contributed by atoms with van der Waals surface area (Å²) < 4.78 is 0. The molecule has 0 saturated carbocycles. The van der Waals surface area contributed by atoms with E-state index in [9.17, 15) is 19.2 Å². The van der Waals surface area contributed by atoms with Crippen molar-refractivity contribution < 1.29 is 19.2 Å². The number of benzene rings is 4. The molecule has 1 heterocycles. The van der Waals surface area contributed by atoms with E-state index in [0.29, 0.717) is 22.6 Å². The summed E-state index contributed by atoms with van der Waals surface area (Å²) in [6.07, 6.45) is -0.166. The smallest absolute Gasteiger partial charge is 0.262 e. The Morgan fingerprint density at radius 3 is 1.67 bits per heavy atom. The van der Waals surface area contributed by atoms with Gasteiger partial charge in [-0.25, -0.2) is 0 Å². The van der Waals surface area contributed by atoms with Crippen LogP contribution in [0.2, 0.25) is 0 Å². The number of hydrogen-bond acceptors (Lipinski definition) is 9. The highest BCUT2D eigenvalue weighted by atomic mass is 16.2. The van der Waals surface area contributed by atoms with Crippen LogP contribution in [0.15, 0.2) is 72.8 Å². The molecule has 0 spiro atoms. The van der Waals surface area contributed by atoms with E-state index in [-0.39, 0.29) is 29.9 Å². The SMILES string of the molecule is Cc1cc(N(C)C)ccc1NNc1cc(C(=O)C(CCC(=O)Nc2ccc(N(C)C)cc2C)N2C(=O)c3ccccc3C2=O)c(N(C)C)cc1C. The maximum absolute atomic E-state index is 14.8. The normalized spacial score (nSPS) is 12.7. The molecule has 0 aliphatic carbocycles. The van der Waals surface area contributed by atoms with Crippen molar-refractivity contribution in [3.63, 3.8) is 0 Å². The molecule has 51 heavy (non-hydrogen) atoms. The molecule has 0 saturated heterocycles. The maximum Gasteiger partial charge on any atom is 0.262 e. The van der Waals surface area contributed by atoms with E-state index in [4.69, 9.17) is 0 Å². The van der Waals surface area contributed by atoms with Crippen molar-refractivity contribution in [2.75, 3.05) is 73.2 Å². The Morgan fingerprint density at radius 1 is 0.647 bits per heavy atom. The van der Waals surface area contributed by atoms with E-state index < -0.39 is 23.6 Å². The molecule has 3 N–H and O–H groups in total. The number of imide groups is 1. The Bertz CT molecular complexity index is 1970. The number of carbonyl (C=O) groups excluding carboxylic acids is 4. The lowest BCUT2D eigenvalue weighted by molar-refractivity contribution is -0.116. The van der Waals surface area contributed by atoms with Crippen LogP contribution in [-0.4, -0.2) is 76.7 Å². The van der Waals surface area contributed by atoms with Crippen LogP contribution in [0.4, 0.5) is 34.1 Å². The fraction of sp³-hybridized carbons (Fsp3) is 0.300. The Balaban J connectivity index is 1.47. The van der Waals surface area contributed by atoms with Crippen molar-refractivity contribution in [2.45, 2.75) is 39.7 Å². The monoisotopic (exact) mass is 689 g/mol. The number of nitrogens with one attached hydrogen (secondary N) is 3. The average molecular weight is 690 g/mol. The molecule has 1 aliphatic heterocycles. The highest BCUT2D eigenvalue weighted by Gasteiger charge is 2.43. The quantitative estimate of drug-likeness (QED) is 0.0820. The van der Waals surface area contributed by atoms with Crippen LogP contribution in [0.5, 0.6) is 0 Å². The van der Waals surface area contributed by atoms with Gasteiger partial charge in [-0.2, -0.15) is 0 Å². The topological polar surface area (TPSA) is 117 Å². The molecule has 4 aromatic carbocycles. The molecule has 11 heteroatoms. The molecule has 1 atom stereocenters. The number of aryl methyl sites for hydroxylation is 3. The number of Topliss-reactive ketones (excluding diaryl/α,β-unsaturated/α-hetero) is 1.